The third kappa shape index (κ3) is 5.40. The maximum atomic E-state index is 13.9. The molecule has 29 heavy (non-hydrogen) atoms. The van der Waals surface area contributed by atoms with Crippen LogP contribution in [0.5, 0.6) is 0 Å². The molecule has 0 unspecified atom stereocenters. The van der Waals surface area contributed by atoms with Crippen LogP contribution in [0.2, 0.25) is 0 Å². The first kappa shape index (κ1) is 21.0. The Labute approximate surface area is 173 Å². The van der Waals surface area contributed by atoms with Crippen molar-refractivity contribution < 1.29 is 9.18 Å². The summed E-state index contributed by atoms with van der Waals surface area (Å²) < 4.78 is 13.9. The van der Waals surface area contributed by atoms with Gasteiger partial charge in [0.1, 0.15) is 5.82 Å². The number of halogens is 1. The SMILES string of the molecule is CCN(CC)c1ccc(NCCC(=O)N2CCN(c3ccccc3F)CC2)cc1. The van der Waals surface area contributed by atoms with E-state index < -0.39 is 0 Å². The molecule has 1 saturated heterocycles. The van der Waals surface area contributed by atoms with Crippen molar-refractivity contribution in [1.82, 2.24) is 4.90 Å². The molecule has 0 bridgehead atoms. The van der Waals surface area contributed by atoms with Crippen LogP contribution in [0.15, 0.2) is 48.5 Å². The van der Waals surface area contributed by atoms with E-state index in [1.807, 2.05) is 15.9 Å². The lowest BCUT2D eigenvalue weighted by atomic mass is 10.2. The van der Waals surface area contributed by atoms with Gasteiger partial charge in [-0.2, -0.15) is 0 Å². The van der Waals surface area contributed by atoms with Crippen LogP contribution in [0, 0.1) is 5.82 Å². The van der Waals surface area contributed by atoms with E-state index in [0.717, 1.165) is 18.8 Å². The number of nitrogens with zero attached hydrogens (tertiary/aromatic N) is 3. The van der Waals surface area contributed by atoms with Crippen molar-refractivity contribution in [2.75, 3.05) is 60.9 Å². The smallest absolute Gasteiger partial charge is 0.224 e. The number of hydrogen-bond acceptors (Lipinski definition) is 4. The van der Waals surface area contributed by atoms with Gasteiger partial charge in [-0.1, -0.05) is 12.1 Å². The van der Waals surface area contributed by atoms with E-state index in [1.54, 1.807) is 12.1 Å². The molecule has 1 aliphatic rings. The summed E-state index contributed by atoms with van der Waals surface area (Å²) >= 11 is 0. The summed E-state index contributed by atoms with van der Waals surface area (Å²) in [6.07, 6.45) is 0.456. The maximum absolute atomic E-state index is 13.9. The second kappa shape index (κ2) is 10.1. The molecule has 0 saturated carbocycles. The minimum absolute atomic E-state index is 0.144. The second-order valence-electron chi connectivity index (χ2n) is 7.22. The Morgan fingerprint density at radius 2 is 1.66 bits per heavy atom. The molecular weight excluding hydrogens is 367 g/mol. The summed E-state index contributed by atoms with van der Waals surface area (Å²) in [5, 5.41) is 3.33. The van der Waals surface area contributed by atoms with Crippen LogP contribution >= 0.6 is 0 Å². The molecule has 156 valence electrons. The van der Waals surface area contributed by atoms with Crippen molar-refractivity contribution in [3.63, 3.8) is 0 Å². The summed E-state index contributed by atoms with van der Waals surface area (Å²) in [5.74, 6) is -0.0612. The number of nitrogens with one attached hydrogen (secondary N) is 1. The molecule has 2 aromatic carbocycles. The molecule has 0 radical (unpaired) electrons. The van der Waals surface area contributed by atoms with E-state index in [1.165, 1.54) is 11.8 Å². The second-order valence-corrected chi connectivity index (χ2v) is 7.22. The van der Waals surface area contributed by atoms with Gasteiger partial charge in [0, 0.05) is 63.6 Å². The van der Waals surface area contributed by atoms with E-state index >= 15 is 0 Å². The van der Waals surface area contributed by atoms with Gasteiger partial charge in [-0.25, -0.2) is 4.39 Å². The van der Waals surface area contributed by atoms with Crippen LogP contribution < -0.4 is 15.1 Å². The van der Waals surface area contributed by atoms with Crippen LogP contribution in [-0.4, -0.2) is 56.6 Å². The first-order valence-electron chi connectivity index (χ1n) is 10.5. The molecule has 6 heteroatoms. The number of piperazine rings is 1. The van der Waals surface area contributed by atoms with Gasteiger partial charge in [0.25, 0.3) is 0 Å². The topological polar surface area (TPSA) is 38.8 Å². The van der Waals surface area contributed by atoms with Gasteiger partial charge >= 0.3 is 0 Å². The quantitative estimate of drug-likeness (QED) is 0.734. The minimum atomic E-state index is -0.205. The molecule has 1 N–H and O–H groups in total. The van der Waals surface area contributed by atoms with Gasteiger partial charge in [-0.15, -0.1) is 0 Å². The third-order valence-corrected chi connectivity index (χ3v) is 5.49. The highest BCUT2D eigenvalue weighted by Crippen LogP contribution is 2.21. The molecule has 1 amide bonds. The van der Waals surface area contributed by atoms with Gasteiger partial charge in [-0.3, -0.25) is 4.79 Å². The Balaban J connectivity index is 1.42. The highest BCUT2D eigenvalue weighted by atomic mass is 19.1. The molecule has 2 aromatic rings. The van der Waals surface area contributed by atoms with Crippen LogP contribution in [0.1, 0.15) is 20.3 Å². The number of hydrogen-bond donors (Lipinski definition) is 1. The van der Waals surface area contributed by atoms with Crippen LogP contribution in [0.25, 0.3) is 0 Å². The fourth-order valence-corrected chi connectivity index (χ4v) is 3.76. The standard InChI is InChI=1S/C23H31FN4O/c1-3-26(4-2)20-11-9-19(10-12-20)25-14-13-23(29)28-17-15-27(16-18-28)22-8-6-5-7-21(22)24/h5-12,25H,3-4,13-18H2,1-2H3. The predicted octanol–water partition coefficient (Wildman–Crippen LogP) is 3.82. The largest absolute Gasteiger partial charge is 0.385 e. The van der Waals surface area contributed by atoms with Crippen LogP contribution in [0.3, 0.4) is 0 Å². The molecule has 1 aliphatic heterocycles. The molecule has 0 atom stereocenters. The highest BCUT2D eigenvalue weighted by Gasteiger charge is 2.22. The molecule has 5 nitrogen and oxygen atoms in total. The first-order valence-corrected chi connectivity index (χ1v) is 10.5. The predicted molar refractivity (Wildman–Crippen MR) is 118 cm³/mol. The molecule has 0 spiro atoms. The average Bonchev–Trinajstić information content (AvgIpc) is 2.76. The van der Waals surface area contributed by atoms with E-state index in [2.05, 4.69) is 48.3 Å². The molecule has 3 rings (SSSR count). The normalized spacial score (nSPS) is 14.0. The maximum Gasteiger partial charge on any atom is 0.224 e. The molecule has 1 fully saturated rings. The van der Waals surface area contributed by atoms with Crippen LogP contribution in [0.4, 0.5) is 21.5 Å². The average molecular weight is 399 g/mol. The van der Waals surface area contributed by atoms with E-state index in [4.69, 9.17) is 0 Å². The fourth-order valence-electron chi connectivity index (χ4n) is 3.76. The number of anilines is 3. The Morgan fingerprint density at radius 3 is 2.28 bits per heavy atom. The summed E-state index contributed by atoms with van der Waals surface area (Å²) in [4.78, 5) is 18.7. The molecule has 1 heterocycles. The number of rotatable bonds is 8. The van der Waals surface area contributed by atoms with Crippen molar-refractivity contribution in [3.8, 4) is 0 Å². The number of benzene rings is 2. The van der Waals surface area contributed by atoms with Crippen molar-refractivity contribution in [2.24, 2.45) is 0 Å². The third-order valence-electron chi connectivity index (χ3n) is 5.49. The zero-order valence-electron chi connectivity index (χ0n) is 17.4. The first-order chi connectivity index (χ1) is 14.1. The monoisotopic (exact) mass is 398 g/mol. The molecule has 0 aliphatic carbocycles. The number of carbonyl (C=O) groups is 1. The molecular formula is C23H31FN4O. The highest BCUT2D eigenvalue weighted by molar-refractivity contribution is 5.77. The fraction of sp³-hybridized carbons (Fsp3) is 0.435. The lowest BCUT2D eigenvalue weighted by molar-refractivity contribution is -0.131. The Hall–Kier alpha value is -2.76. The minimum Gasteiger partial charge on any atom is -0.385 e. The summed E-state index contributed by atoms with van der Waals surface area (Å²) in [6.45, 7) is 9.47. The van der Waals surface area contributed by atoms with Crippen molar-refractivity contribution in [1.29, 1.82) is 0 Å². The summed E-state index contributed by atoms with van der Waals surface area (Å²) in [6, 6.07) is 15.2. The zero-order valence-corrected chi connectivity index (χ0v) is 17.4. The number of amides is 1. The zero-order chi connectivity index (χ0) is 20.6. The lowest BCUT2D eigenvalue weighted by Crippen LogP contribution is -2.49. The van der Waals surface area contributed by atoms with Gasteiger partial charge in [0.15, 0.2) is 0 Å². The van der Waals surface area contributed by atoms with Gasteiger partial charge < -0.3 is 20.0 Å². The van der Waals surface area contributed by atoms with Gasteiger partial charge in [0.05, 0.1) is 5.69 Å². The van der Waals surface area contributed by atoms with E-state index in [0.29, 0.717) is 44.8 Å². The number of carbonyl (C=O) groups excluding carboxylic acids is 1. The molecule has 0 aromatic heterocycles. The van der Waals surface area contributed by atoms with Gasteiger partial charge in [-0.05, 0) is 50.2 Å². The van der Waals surface area contributed by atoms with Gasteiger partial charge in [0.2, 0.25) is 5.91 Å². The van der Waals surface area contributed by atoms with E-state index in [9.17, 15) is 9.18 Å². The van der Waals surface area contributed by atoms with Crippen LogP contribution in [-0.2, 0) is 4.79 Å². The lowest BCUT2D eigenvalue weighted by Gasteiger charge is -2.36. The Kier molecular flexibility index (Phi) is 7.33. The van der Waals surface area contributed by atoms with Crippen molar-refractivity contribution in [3.05, 3.63) is 54.3 Å². The number of para-hydroxylation sites is 1. The Morgan fingerprint density at radius 1 is 1.00 bits per heavy atom. The van der Waals surface area contributed by atoms with Crippen molar-refractivity contribution in [2.45, 2.75) is 20.3 Å². The Bertz CT molecular complexity index is 784. The summed E-state index contributed by atoms with van der Waals surface area (Å²) in [7, 11) is 0. The van der Waals surface area contributed by atoms with Crippen molar-refractivity contribution >= 4 is 23.0 Å². The van der Waals surface area contributed by atoms with E-state index in [-0.39, 0.29) is 11.7 Å². The summed E-state index contributed by atoms with van der Waals surface area (Å²) in [5.41, 5.74) is 2.86.